The summed E-state index contributed by atoms with van der Waals surface area (Å²) in [5.74, 6) is -0.275. The van der Waals surface area contributed by atoms with Crippen LogP contribution >= 0.6 is 0 Å². The van der Waals surface area contributed by atoms with Crippen LogP contribution in [0.3, 0.4) is 0 Å². The molecule has 0 aliphatic carbocycles. The van der Waals surface area contributed by atoms with Crippen LogP contribution in [0.15, 0.2) is 59.4 Å². The molecule has 0 radical (unpaired) electrons. The van der Waals surface area contributed by atoms with Crippen molar-refractivity contribution in [2.45, 2.75) is 13.2 Å². The molecule has 6 nitrogen and oxygen atoms in total. The van der Waals surface area contributed by atoms with Crippen molar-refractivity contribution < 1.29 is 4.39 Å². The third-order valence-electron chi connectivity index (χ3n) is 3.36. The Kier molecular flexibility index (Phi) is 4.29. The molecule has 1 heterocycles. The van der Waals surface area contributed by atoms with Crippen LogP contribution in [-0.2, 0) is 13.2 Å². The fourth-order valence-electron chi connectivity index (χ4n) is 2.32. The average molecular weight is 313 g/mol. The van der Waals surface area contributed by atoms with Crippen molar-refractivity contribution >= 4 is 0 Å². The van der Waals surface area contributed by atoms with Crippen molar-refractivity contribution in [3.05, 3.63) is 76.5 Å². The molecule has 0 fully saturated rings. The molecule has 0 amide bonds. The predicted molar refractivity (Wildman–Crippen MR) is 83.5 cm³/mol. The minimum Gasteiger partial charge on any atom is -0.283 e. The lowest BCUT2D eigenvalue weighted by Crippen LogP contribution is -2.31. The monoisotopic (exact) mass is 313 g/mol. The third kappa shape index (κ3) is 3.51. The van der Waals surface area contributed by atoms with Gasteiger partial charge in [0.2, 0.25) is 0 Å². The van der Waals surface area contributed by atoms with Gasteiger partial charge in [-0.1, -0.05) is 30.3 Å². The number of halogens is 1. The first-order chi connectivity index (χ1) is 11.1. The summed E-state index contributed by atoms with van der Waals surface area (Å²) in [6.45, 7) is 0.768. The minimum atomic E-state index is -0.317. The first kappa shape index (κ1) is 15.1. The summed E-state index contributed by atoms with van der Waals surface area (Å²) in [6.07, 6.45) is 0. The highest BCUT2D eigenvalue weighted by Gasteiger charge is 2.10. The van der Waals surface area contributed by atoms with Crippen LogP contribution in [0.2, 0.25) is 0 Å². The zero-order valence-electron chi connectivity index (χ0n) is 12.6. The molecule has 118 valence electrons. The summed E-state index contributed by atoms with van der Waals surface area (Å²) in [7, 11) is 1.83. The zero-order valence-corrected chi connectivity index (χ0v) is 12.6. The molecule has 3 aromatic rings. The van der Waals surface area contributed by atoms with Crippen molar-refractivity contribution in [3.8, 4) is 5.69 Å². The summed E-state index contributed by atoms with van der Waals surface area (Å²) < 4.78 is 15.7. The number of nitrogens with zero attached hydrogens (tertiary/aromatic N) is 5. The number of para-hydroxylation sites is 1. The molecule has 3 rings (SSSR count). The van der Waals surface area contributed by atoms with E-state index in [0.717, 1.165) is 5.56 Å². The summed E-state index contributed by atoms with van der Waals surface area (Å²) in [5, 5.41) is 7.78. The summed E-state index contributed by atoms with van der Waals surface area (Å²) in [6, 6.07) is 15.5. The maximum absolute atomic E-state index is 13.2. The highest BCUT2D eigenvalue weighted by atomic mass is 19.1. The van der Waals surface area contributed by atoms with E-state index in [1.165, 1.54) is 21.5 Å². The van der Waals surface area contributed by atoms with Gasteiger partial charge in [-0.05, 0) is 47.3 Å². The lowest BCUT2D eigenvalue weighted by molar-refractivity contribution is 0.239. The fraction of sp³-hybridized carbons (Fsp3) is 0.188. The van der Waals surface area contributed by atoms with Crippen LogP contribution in [0.25, 0.3) is 5.69 Å². The van der Waals surface area contributed by atoms with Gasteiger partial charge in [-0.25, -0.2) is 9.18 Å². The average Bonchev–Trinajstić information content (AvgIpc) is 2.89. The van der Waals surface area contributed by atoms with Gasteiger partial charge in [-0.2, -0.15) is 9.36 Å². The second-order valence-electron chi connectivity index (χ2n) is 5.29. The molecule has 0 aliphatic heterocycles. The van der Waals surface area contributed by atoms with Gasteiger partial charge in [0, 0.05) is 6.54 Å². The Labute approximate surface area is 132 Å². The van der Waals surface area contributed by atoms with Crippen molar-refractivity contribution in [1.29, 1.82) is 0 Å². The number of hydrogen-bond donors (Lipinski definition) is 0. The molecule has 0 aliphatic rings. The predicted octanol–water partition coefficient (Wildman–Crippen LogP) is 1.66. The fourth-order valence-corrected chi connectivity index (χ4v) is 2.32. The van der Waals surface area contributed by atoms with E-state index in [4.69, 9.17) is 0 Å². The second kappa shape index (κ2) is 6.53. The SMILES string of the molecule is CN(Cc1cccc(F)c1)Cn1nnn(-c2ccccc2)c1=O. The van der Waals surface area contributed by atoms with Gasteiger partial charge < -0.3 is 0 Å². The number of hydrogen-bond acceptors (Lipinski definition) is 4. The van der Waals surface area contributed by atoms with Crippen LogP contribution in [0.1, 0.15) is 5.56 Å². The van der Waals surface area contributed by atoms with E-state index >= 15 is 0 Å². The topological polar surface area (TPSA) is 56.0 Å². The first-order valence-electron chi connectivity index (χ1n) is 7.15. The smallest absolute Gasteiger partial charge is 0.283 e. The molecule has 0 atom stereocenters. The maximum atomic E-state index is 13.2. The van der Waals surface area contributed by atoms with E-state index in [1.807, 2.05) is 36.2 Å². The van der Waals surface area contributed by atoms with Gasteiger partial charge in [0.1, 0.15) is 12.5 Å². The van der Waals surface area contributed by atoms with E-state index in [2.05, 4.69) is 10.4 Å². The van der Waals surface area contributed by atoms with E-state index in [-0.39, 0.29) is 18.2 Å². The van der Waals surface area contributed by atoms with Crippen molar-refractivity contribution in [1.82, 2.24) is 24.7 Å². The molecule has 0 saturated carbocycles. The molecule has 0 bridgehead atoms. The van der Waals surface area contributed by atoms with Crippen LogP contribution in [-0.4, -0.2) is 31.7 Å². The zero-order chi connectivity index (χ0) is 16.2. The molecule has 0 spiro atoms. The molecule has 2 aromatic carbocycles. The van der Waals surface area contributed by atoms with Gasteiger partial charge in [-0.3, -0.25) is 4.90 Å². The molecule has 1 aromatic heterocycles. The number of aromatic nitrogens is 4. The van der Waals surface area contributed by atoms with E-state index in [0.29, 0.717) is 12.2 Å². The molecule has 0 saturated heterocycles. The Bertz CT molecular complexity index is 843. The molecular weight excluding hydrogens is 297 g/mol. The molecule has 0 N–H and O–H groups in total. The van der Waals surface area contributed by atoms with E-state index in [1.54, 1.807) is 18.2 Å². The Morgan fingerprint density at radius 2 is 1.87 bits per heavy atom. The van der Waals surface area contributed by atoms with Gasteiger partial charge in [-0.15, -0.1) is 0 Å². The van der Waals surface area contributed by atoms with Crippen molar-refractivity contribution in [2.75, 3.05) is 7.05 Å². The van der Waals surface area contributed by atoms with E-state index in [9.17, 15) is 9.18 Å². The molecule has 23 heavy (non-hydrogen) atoms. The molecule has 0 unspecified atom stereocenters. The van der Waals surface area contributed by atoms with Crippen molar-refractivity contribution in [2.24, 2.45) is 0 Å². The highest BCUT2D eigenvalue weighted by Crippen LogP contribution is 2.06. The largest absolute Gasteiger partial charge is 0.369 e. The summed E-state index contributed by atoms with van der Waals surface area (Å²) in [4.78, 5) is 14.2. The lowest BCUT2D eigenvalue weighted by atomic mass is 10.2. The quantitative estimate of drug-likeness (QED) is 0.719. The lowest BCUT2D eigenvalue weighted by Gasteiger charge is -2.15. The van der Waals surface area contributed by atoms with Gasteiger partial charge >= 0.3 is 5.69 Å². The normalized spacial score (nSPS) is 11.1. The summed E-state index contributed by atoms with van der Waals surface area (Å²) in [5.41, 5.74) is 1.18. The second-order valence-corrected chi connectivity index (χ2v) is 5.29. The van der Waals surface area contributed by atoms with Crippen LogP contribution in [0.5, 0.6) is 0 Å². The molecule has 7 heteroatoms. The Morgan fingerprint density at radius 3 is 2.61 bits per heavy atom. The highest BCUT2D eigenvalue weighted by molar-refractivity contribution is 5.28. The number of benzene rings is 2. The third-order valence-corrected chi connectivity index (χ3v) is 3.36. The van der Waals surface area contributed by atoms with Crippen LogP contribution in [0.4, 0.5) is 4.39 Å². The minimum absolute atomic E-state index is 0.266. The summed E-state index contributed by atoms with van der Waals surface area (Å²) >= 11 is 0. The van der Waals surface area contributed by atoms with Crippen LogP contribution < -0.4 is 5.69 Å². The van der Waals surface area contributed by atoms with Gasteiger partial charge in [0.25, 0.3) is 0 Å². The maximum Gasteiger partial charge on any atom is 0.369 e. The Balaban J connectivity index is 1.73. The molecular formula is C16H16FN5O. The Hall–Kier alpha value is -2.80. The van der Waals surface area contributed by atoms with E-state index < -0.39 is 0 Å². The first-order valence-corrected chi connectivity index (χ1v) is 7.15. The van der Waals surface area contributed by atoms with Crippen molar-refractivity contribution in [3.63, 3.8) is 0 Å². The number of tetrazole rings is 1. The standard InChI is InChI=1S/C16H16FN5O/c1-20(11-13-6-5-7-14(17)10-13)12-21-16(23)22(19-18-21)15-8-3-2-4-9-15/h2-10H,11-12H2,1H3. The van der Waals surface area contributed by atoms with Crippen LogP contribution in [0, 0.1) is 5.82 Å². The van der Waals surface area contributed by atoms with Gasteiger partial charge in [0.15, 0.2) is 0 Å². The number of rotatable bonds is 5. The Morgan fingerprint density at radius 1 is 1.09 bits per heavy atom. The van der Waals surface area contributed by atoms with Gasteiger partial charge in [0.05, 0.1) is 5.69 Å².